The van der Waals surface area contributed by atoms with Crippen LogP contribution in [0.4, 0.5) is 5.69 Å². The Morgan fingerprint density at radius 3 is 2.57 bits per heavy atom. The first-order chi connectivity index (χ1) is 9.99. The van der Waals surface area contributed by atoms with E-state index in [0.717, 1.165) is 21.9 Å². The van der Waals surface area contributed by atoms with Crippen LogP contribution in [0.2, 0.25) is 0 Å². The van der Waals surface area contributed by atoms with Gasteiger partial charge < -0.3 is 14.7 Å². The Hall–Kier alpha value is -2.34. The number of rotatable bonds is 5. The largest absolute Gasteiger partial charge is 0.482 e. The third-order valence-corrected chi connectivity index (χ3v) is 3.90. The van der Waals surface area contributed by atoms with E-state index in [1.54, 1.807) is 20.0 Å². The molecule has 1 N–H and O–H groups in total. The van der Waals surface area contributed by atoms with E-state index in [2.05, 4.69) is 0 Å². The van der Waals surface area contributed by atoms with Crippen LogP contribution in [0.15, 0.2) is 36.4 Å². The molecule has 0 unspecified atom stereocenters. The molecule has 0 saturated carbocycles. The third-order valence-electron chi connectivity index (χ3n) is 2.88. The van der Waals surface area contributed by atoms with Crippen LogP contribution in [0.1, 0.15) is 14.5 Å². The van der Waals surface area contributed by atoms with Gasteiger partial charge in [0.05, 0.1) is 0 Å². The highest BCUT2D eigenvalue weighted by atomic mass is 32.1. The number of para-hydroxylation sites is 1. The highest BCUT2D eigenvalue weighted by Crippen LogP contribution is 2.28. The van der Waals surface area contributed by atoms with Crippen molar-refractivity contribution in [1.82, 2.24) is 0 Å². The fourth-order valence-corrected chi connectivity index (χ4v) is 2.57. The molecule has 110 valence electrons. The molecule has 1 aromatic carbocycles. The summed E-state index contributed by atoms with van der Waals surface area (Å²) in [5, 5.41) is 9.07. The van der Waals surface area contributed by atoms with Crippen molar-refractivity contribution < 1.29 is 19.4 Å². The summed E-state index contributed by atoms with van der Waals surface area (Å²) in [5.74, 6) is -1.06. The normalized spacial score (nSPS) is 10.2. The van der Waals surface area contributed by atoms with Gasteiger partial charge in [-0.15, -0.1) is 11.3 Å². The van der Waals surface area contributed by atoms with E-state index in [1.165, 1.54) is 4.90 Å². The Bertz CT molecular complexity index is 651. The van der Waals surface area contributed by atoms with Gasteiger partial charge in [-0.3, -0.25) is 4.79 Å². The number of hydrogen-bond acceptors (Lipinski definition) is 4. The lowest BCUT2D eigenvalue weighted by molar-refractivity contribution is -0.120. The van der Waals surface area contributed by atoms with Gasteiger partial charge in [0.2, 0.25) is 0 Å². The smallest absolute Gasteiger partial charge is 0.349 e. The van der Waals surface area contributed by atoms with E-state index in [4.69, 9.17) is 9.84 Å². The lowest BCUT2D eigenvalue weighted by Gasteiger charge is -2.17. The lowest BCUT2D eigenvalue weighted by Crippen LogP contribution is -2.31. The summed E-state index contributed by atoms with van der Waals surface area (Å²) in [4.78, 5) is 25.5. The lowest BCUT2D eigenvalue weighted by atomic mass is 10.3. The molecule has 1 aromatic heterocycles. The second-order valence-electron chi connectivity index (χ2n) is 4.43. The Balaban J connectivity index is 2.03. The number of carboxylic acid groups (broad SMARTS) is 1. The summed E-state index contributed by atoms with van der Waals surface area (Å²) < 4.78 is 5.36. The number of aromatic carboxylic acids is 1. The zero-order valence-electron chi connectivity index (χ0n) is 11.7. The maximum absolute atomic E-state index is 12.1. The Morgan fingerprint density at radius 2 is 1.95 bits per heavy atom. The number of likely N-dealkylation sites (N-methyl/N-ethyl adjacent to an activating group) is 1. The SMILES string of the molecule is Cc1cc(OCC(=O)N(C)c2ccccc2)c(C(=O)O)s1. The second kappa shape index (κ2) is 6.41. The van der Waals surface area contributed by atoms with E-state index in [0.29, 0.717) is 0 Å². The van der Waals surface area contributed by atoms with Crippen LogP contribution in [0.5, 0.6) is 5.75 Å². The summed E-state index contributed by atoms with van der Waals surface area (Å²) in [6.45, 7) is 1.59. The molecule has 5 nitrogen and oxygen atoms in total. The summed E-state index contributed by atoms with van der Waals surface area (Å²) >= 11 is 1.13. The molecule has 2 aromatic rings. The number of carbonyl (C=O) groups is 2. The first kappa shape index (κ1) is 15.1. The number of anilines is 1. The van der Waals surface area contributed by atoms with Gasteiger partial charge in [0, 0.05) is 17.6 Å². The fraction of sp³-hybridized carbons (Fsp3) is 0.200. The van der Waals surface area contributed by atoms with E-state index in [9.17, 15) is 9.59 Å². The quantitative estimate of drug-likeness (QED) is 0.922. The summed E-state index contributed by atoms with van der Waals surface area (Å²) in [7, 11) is 1.65. The number of aryl methyl sites for hydroxylation is 1. The van der Waals surface area contributed by atoms with Gasteiger partial charge in [-0.1, -0.05) is 18.2 Å². The molecule has 2 rings (SSSR count). The van der Waals surface area contributed by atoms with Crippen LogP contribution >= 0.6 is 11.3 Å². The summed E-state index contributed by atoms with van der Waals surface area (Å²) in [6, 6.07) is 10.8. The number of nitrogens with zero attached hydrogens (tertiary/aromatic N) is 1. The molecule has 0 saturated heterocycles. The van der Waals surface area contributed by atoms with E-state index >= 15 is 0 Å². The Kier molecular flexibility index (Phi) is 4.59. The maximum Gasteiger partial charge on any atom is 0.349 e. The van der Waals surface area contributed by atoms with Crippen molar-refractivity contribution in [3.05, 3.63) is 46.2 Å². The monoisotopic (exact) mass is 305 g/mol. The maximum atomic E-state index is 12.1. The van der Waals surface area contributed by atoms with Crippen LogP contribution < -0.4 is 9.64 Å². The number of ether oxygens (including phenoxy) is 1. The predicted octanol–water partition coefficient (Wildman–Crippen LogP) is 2.80. The molecule has 0 aliphatic carbocycles. The third kappa shape index (κ3) is 3.61. The molecule has 6 heteroatoms. The molecule has 21 heavy (non-hydrogen) atoms. The molecular formula is C15H15NO4S. The summed E-state index contributed by atoms with van der Waals surface area (Å²) in [5.41, 5.74) is 0.756. The van der Waals surface area contributed by atoms with Crippen molar-refractivity contribution in [2.45, 2.75) is 6.92 Å². The average Bonchev–Trinajstić information content (AvgIpc) is 2.86. The van der Waals surface area contributed by atoms with Gasteiger partial charge in [-0.2, -0.15) is 0 Å². The minimum atomic E-state index is -1.05. The second-order valence-corrected chi connectivity index (χ2v) is 5.69. The Labute approximate surface area is 126 Å². The fourth-order valence-electron chi connectivity index (χ4n) is 1.78. The highest BCUT2D eigenvalue weighted by Gasteiger charge is 2.18. The van der Waals surface area contributed by atoms with Crippen LogP contribution in [0.25, 0.3) is 0 Å². The zero-order chi connectivity index (χ0) is 15.4. The topological polar surface area (TPSA) is 66.8 Å². The van der Waals surface area contributed by atoms with Gasteiger partial charge >= 0.3 is 5.97 Å². The van der Waals surface area contributed by atoms with Crippen molar-refractivity contribution in [1.29, 1.82) is 0 Å². The predicted molar refractivity (Wildman–Crippen MR) is 81.4 cm³/mol. The molecule has 0 aliphatic rings. The van der Waals surface area contributed by atoms with Gasteiger partial charge in [0.1, 0.15) is 5.75 Å². The van der Waals surface area contributed by atoms with E-state index < -0.39 is 5.97 Å². The van der Waals surface area contributed by atoms with Crippen LogP contribution in [0.3, 0.4) is 0 Å². The highest BCUT2D eigenvalue weighted by molar-refractivity contribution is 7.14. The minimum absolute atomic E-state index is 0.114. The van der Waals surface area contributed by atoms with Crippen molar-refractivity contribution in [3.8, 4) is 5.75 Å². The molecule has 1 heterocycles. The first-order valence-corrected chi connectivity index (χ1v) is 7.09. The van der Waals surface area contributed by atoms with Gasteiger partial charge in [0.25, 0.3) is 5.91 Å². The average molecular weight is 305 g/mol. The van der Waals surface area contributed by atoms with Crippen molar-refractivity contribution in [2.24, 2.45) is 0 Å². The molecule has 1 amide bonds. The number of benzene rings is 1. The number of hydrogen-bond donors (Lipinski definition) is 1. The van der Waals surface area contributed by atoms with Crippen molar-refractivity contribution in [2.75, 3.05) is 18.6 Å². The van der Waals surface area contributed by atoms with Crippen LogP contribution in [0, 0.1) is 6.92 Å². The number of amides is 1. The molecule has 0 aliphatic heterocycles. The van der Waals surface area contributed by atoms with Crippen molar-refractivity contribution in [3.63, 3.8) is 0 Å². The van der Waals surface area contributed by atoms with Crippen molar-refractivity contribution >= 4 is 28.9 Å². The van der Waals surface area contributed by atoms with Crippen LogP contribution in [-0.4, -0.2) is 30.6 Å². The molecule has 0 bridgehead atoms. The Morgan fingerprint density at radius 1 is 1.29 bits per heavy atom. The molecular weight excluding hydrogens is 290 g/mol. The molecule has 0 radical (unpaired) electrons. The van der Waals surface area contributed by atoms with E-state index in [1.807, 2.05) is 30.3 Å². The van der Waals surface area contributed by atoms with Gasteiger partial charge in [-0.05, 0) is 25.1 Å². The van der Waals surface area contributed by atoms with Gasteiger partial charge in [-0.25, -0.2) is 4.79 Å². The number of carboxylic acids is 1. The van der Waals surface area contributed by atoms with Gasteiger partial charge in [0.15, 0.2) is 11.5 Å². The summed E-state index contributed by atoms with van der Waals surface area (Å²) in [6.07, 6.45) is 0. The van der Waals surface area contributed by atoms with E-state index in [-0.39, 0.29) is 23.1 Å². The standard InChI is InChI=1S/C15H15NO4S/c1-10-8-12(14(21-10)15(18)19)20-9-13(17)16(2)11-6-4-3-5-7-11/h3-8H,9H2,1-2H3,(H,18,19). The van der Waals surface area contributed by atoms with Crippen LogP contribution in [-0.2, 0) is 4.79 Å². The molecule has 0 fully saturated rings. The molecule has 0 atom stereocenters. The number of thiophene rings is 1. The zero-order valence-corrected chi connectivity index (χ0v) is 12.5. The molecule has 0 spiro atoms. The number of carbonyl (C=O) groups excluding carboxylic acids is 1. The minimum Gasteiger partial charge on any atom is -0.482 e. The first-order valence-electron chi connectivity index (χ1n) is 6.27.